The molecule has 0 bridgehead atoms. The second kappa shape index (κ2) is 9.59. The van der Waals surface area contributed by atoms with Crippen molar-refractivity contribution in [2.24, 2.45) is 0 Å². The van der Waals surface area contributed by atoms with Crippen LogP contribution in [0.1, 0.15) is 51.0 Å². The van der Waals surface area contributed by atoms with Gasteiger partial charge in [-0.2, -0.15) is 8.42 Å². The second-order valence-electron chi connectivity index (χ2n) is 6.14. The molecule has 2 aromatic rings. The fourth-order valence-corrected chi connectivity index (χ4v) is 3.59. The number of unbranched alkanes of at least 4 members (excludes halogenated alkanes) is 5. The summed E-state index contributed by atoms with van der Waals surface area (Å²) in [5.74, 6) is 1.12. The predicted molar refractivity (Wildman–Crippen MR) is 99.9 cm³/mol. The van der Waals surface area contributed by atoms with Crippen LogP contribution in [0.15, 0.2) is 53.4 Å². The maximum absolute atomic E-state index is 11.7. The first-order chi connectivity index (χ1) is 12.0. The van der Waals surface area contributed by atoms with Crippen molar-refractivity contribution in [3.8, 4) is 11.5 Å². The number of hydrogen-bond donors (Lipinski definition) is 1. The molecule has 0 spiro atoms. The number of hydrogen-bond acceptors (Lipinski definition) is 3. The minimum absolute atomic E-state index is 0.0607. The molecule has 136 valence electrons. The van der Waals surface area contributed by atoms with Gasteiger partial charge in [0, 0.05) is 5.56 Å². The van der Waals surface area contributed by atoms with Crippen molar-refractivity contribution in [1.82, 2.24) is 0 Å². The molecule has 0 atom stereocenters. The van der Waals surface area contributed by atoms with E-state index < -0.39 is 10.1 Å². The molecule has 0 saturated heterocycles. The maximum atomic E-state index is 11.7. The summed E-state index contributed by atoms with van der Waals surface area (Å²) < 4.78 is 38.9. The Balaban J connectivity index is 2.17. The summed E-state index contributed by atoms with van der Waals surface area (Å²) in [6.07, 6.45) is 7.21. The third kappa shape index (κ3) is 6.18. The monoisotopic (exact) mass is 362 g/mol. The van der Waals surface area contributed by atoms with E-state index in [1.807, 2.05) is 30.3 Å². The van der Waals surface area contributed by atoms with E-state index in [2.05, 4.69) is 6.92 Å². The minimum Gasteiger partial charge on any atom is -0.457 e. The summed E-state index contributed by atoms with van der Waals surface area (Å²) >= 11 is 0. The van der Waals surface area contributed by atoms with Crippen molar-refractivity contribution >= 4 is 10.1 Å². The van der Waals surface area contributed by atoms with Crippen LogP contribution in [-0.2, 0) is 16.5 Å². The zero-order valence-electron chi connectivity index (χ0n) is 14.6. The average Bonchev–Trinajstić information content (AvgIpc) is 2.59. The SMILES string of the molecule is CCCCCCCCc1c(Oc2ccccc2)cccc1S(=O)(=O)O. The Morgan fingerprint density at radius 3 is 2.24 bits per heavy atom. The van der Waals surface area contributed by atoms with Crippen molar-refractivity contribution in [2.45, 2.75) is 56.8 Å². The number of ether oxygens (including phenoxy) is 1. The van der Waals surface area contributed by atoms with Crippen LogP contribution < -0.4 is 4.74 Å². The lowest BCUT2D eigenvalue weighted by molar-refractivity contribution is 0.462. The molecule has 0 aliphatic heterocycles. The molecular weight excluding hydrogens is 336 g/mol. The molecule has 0 aliphatic rings. The van der Waals surface area contributed by atoms with Gasteiger partial charge in [-0.05, 0) is 37.1 Å². The van der Waals surface area contributed by atoms with Crippen molar-refractivity contribution < 1.29 is 17.7 Å². The Kier molecular flexibility index (Phi) is 7.47. The summed E-state index contributed by atoms with van der Waals surface area (Å²) in [7, 11) is -4.28. The first kappa shape index (κ1) is 19.5. The smallest absolute Gasteiger partial charge is 0.294 e. The lowest BCUT2D eigenvalue weighted by Gasteiger charge is -2.14. The first-order valence-corrected chi connectivity index (χ1v) is 10.3. The fraction of sp³-hybridized carbons (Fsp3) is 0.400. The third-order valence-electron chi connectivity index (χ3n) is 4.12. The van der Waals surface area contributed by atoms with E-state index in [1.54, 1.807) is 12.1 Å². The number of rotatable bonds is 10. The highest BCUT2D eigenvalue weighted by atomic mass is 32.2. The van der Waals surface area contributed by atoms with Crippen LogP contribution in [0.2, 0.25) is 0 Å². The zero-order chi connectivity index (χ0) is 18.1. The van der Waals surface area contributed by atoms with Gasteiger partial charge in [0.15, 0.2) is 0 Å². The van der Waals surface area contributed by atoms with Gasteiger partial charge in [0.2, 0.25) is 0 Å². The molecule has 0 radical (unpaired) electrons. The molecule has 2 rings (SSSR count). The Hall–Kier alpha value is -1.85. The average molecular weight is 362 g/mol. The van der Waals surface area contributed by atoms with Crippen LogP contribution >= 0.6 is 0 Å². The van der Waals surface area contributed by atoms with E-state index >= 15 is 0 Å². The molecule has 0 aliphatic carbocycles. The molecule has 2 aromatic carbocycles. The van der Waals surface area contributed by atoms with Crippen LogP contribution in [0, 0.1) is 0 Å². The second-order valence-corrected chi connectivity index (χ2v) is 7.53. The molecule has 1 N–H and O–H groups in total. The Morgan fingerprint density at radius 2 is 1.56 bits per heavy atom. The minimum atomic E-state index is -4.28. The van der Waals surface area contributed by atoms with Crippen LogP contribution in [0.25, 0.3) is 0 Å². The quantitative estimate of drug-likeness (QED) is 0.439. The highest BCUT2D eigenvalue weighted by molar-refractivity contribution is 7.85. The maximum Gasteiger partial charge on any atom is 0.294 e. The van der Waals surface area contributed by atoms with Crippen LogP contribution in [0.3, 0.4) is 0 Å². The van der Waals surface area contributed by atoms with Gasteiger partial charge in [0.1, 0.15) is 16.4 Å². The molecule has 0 aromatic heterocycles. The van der Waals surface area contributed by atoms with Crippen molar-refractivity contribution in [1.29, 1.82) is 0 Å². The van der Waals surface area contributed by atoms with Crippen LogP contribution in [0.5, 0.6) is 11.5 Å². The molecule has 0 amide bonds. The van der Waals surface area contributed by atoms with Gasteiger partial charge in [0.05, 0.1) is 0 Å². The van der Waals surface area contributed by atoms with Gasteiger partial charge >= 0.3 is 0 Å². The largest absolute Gasteiger partial charge is 0.457 e. The Morgan fingerprint density at radius 1 is 0.880 bits per heavy atom. The summed E-state index contributed by atoms with van der Waals surface area (Å²) in [6.45, 7) is 2.18. The summed E-state index contributed by atoms with van der Waals surface area (Å²) in [4.78, 5) is -0.0607. The van der Waals surface area contributed by atoms with E-state index in [0.29, 0.717) is 23.5 Å². The van der Waals surface area contributed by atoms with Gasteiger partial charge < -0.3 is 4.74 Å². The van der Waals surface area contributed by atoms with E-state index in [4.69, 9.17) is 4.74 Å². The highest BCUT2D eigenvalue weighted by Crippen LogP contribution is 2.31. The van der Waals surface area contributed by atoms with E-state index in [1.165, 1.54) is 25.3 Å². The van der Waals surface area contributed by atoms with Gasteiger partial charge in [-0.1, -0.05) is 63.3 Å². The van der Waals surface area contributed by atoms with Crippen LogP contribution in [0.4, 0.5) is 0 Å². The molecule has 4 nitrogen and oxygen atoms in total. The fourth-order valence-electron chi connectivity index (χ4n) is 2.83. The highest BCUT2D eigenvalue weighted by Gasteiger charge is 2.19. The lowest BCUT2D eigenvalue weighted by Crippen LogP contribution is -2.05. The van der Waals surface area contributed by atoms with E-state index in [9.17, 15) is 13.0 Å². The lowest BCUT2D eigenvalue weighted by atomic mass is 10.0. The molecular formula is C20H26O4S. The molecule has 0 heterocycles. The van der Waals surface area contributed by atoms with Crippen LogP contribution in [-0.4, -0.2) is 13.0 Å². The molecule has 5 heteroatoms. The topological polar surface area (TPSA) is 63.6 Å². The van der Waals surface area contributed by atoms with Crippen molar-refractivity contribution in [3.63, 3.8) is 0 Å². The van der Waals surface area contributed by atoms with Gasteiger partial charge in [-0.25, -0.2) is 0 Å². The van der Waals surface area contributed by atoms with Crippen molar-refractivity contribution in [2.75, 3.05) is 0 Å². The summed E-state index contributed by atoms with van der Waals surface area (Å²) in [6, 6.07) is 14.0. The van der Waals surface area contributed by atoms with Gasteiger partial charge in [-0.3, -0.25) is 4.55 Å². The van der Waals surface area contributed by atoms with Crippen molar-refractivity contribution in [3.05, 3.63) is 54.1 Å². The number of benzene rings is 2. The third-order valence-corrected chi connectivity index (χ3v) is 5.06. The normalized spacial score (nSPS) is 11.4. The molecule has 25 heavy (non-hydrogen) atoms. The summed E-state index contributed by atoms with van der Waals surface area (Å²) in [5, 5.41) is 0. The molecule has 0 unspecified atom stereocenters. The van der Waals surface area contributed by atoms with Gasteiger partial charge in [-0.15, -0.1) is 0 Å². The number of para-hydroxylation sites is 1. The standard InChI is InChI=1S/C20H26O4S/c1-2-3-4-5-6-10-14-18-19(24-17-12-8-7-9-13-17)15-11-16-20(18)25(21,22)23/h7-9,11-13,15-16H,2-6,10,14H2,1H3,(H,21,22,23). The molecule has 0 fully saturated rings. The Bertz CT molecular complexity index is 755. The van der Waals surface area contributed by atoms with E-state index in [0.717, 1.165) is 19.3 Å². The summed E-state index contributed by atoms with van der Waals surface area (Å²) in [5.41, 5.74) is 0.546. The molecule has 0 saturated carbocycles. The zero-order valence-corrected chi connectivity index (χ0v) is 15.5. The predicted octanol–water partition coefficient (Wildman–Crippen LogP) is 5.63. The van der Waals surface area contributed by atoms with Gasteiger partial charge in [0.25, 0.3) is 10.1 Å². The Labute approximate surface area is 150 Å². The van der Waals surface area contributed by atoms with E-state index in [-0.39, 0.29) is 4.90 Å². The first-order valence-electron chi connectivity index (χ1n) is 8.84.